The highest BCUT2D eigenvalue weighted by Crippen LogP contribution is 2.27. The summed E-state index contributed by atoms with van der Waals surface area (Å²) in [6, 6.07) is 14.9. The van der Waals surface area contributed by atoms with Crippen LogP contribution in [0.2, 0.25) is 0 Å². The molecule has 0 aliphatic rings. The quantitative estimate of drug-likeness (QED) is 0.682. The molecule has 102 valence electrons. The Balaban J connectivity index is 2.14. The van der Waals surface area contributed by atoms with Crippen LogP contribution in [0.4, 0.5) is 0 Å². The highest BCUT2D eigenvalue weighted by Gasteiger charge is 2.03. The van der Waals surface area contributed by atoms with Crippen molar-refractivity contribution in [2.24, 2.45) is 5.73 Å². The summed E-state index contributed by atoms with van der Waals surface area (Å²) >= 11 is 1.86. The minimum absolute atomic E-state index is 0.401. The predicted molar refractivity (Wildman–Crippen MR) is 87.9 cm³/mol. The first-order valence-electron chi connectivity index (χ1n) is 6.67. The topological polar surface area (TPSA) is 26.0 Å². The minimum Gasteiger partial charge on any atom is -0.320 e. The van der Waals surface area contributed by atoms with Crippen molar-refractivity contribution in [3.63, 3.8) is 0 Å². The Kier molecular flexibility index (Phi) is 5.29. The van der Waals surface area contributed by atoms with Gasteiger partial charge < -0.3 is 5.73 Å². The summed E-state index contributed by atoms with van der Waals surface area (Å²) < 4.78 is 0. The summed E-state index contributed by atoms with van der Waals surface area (Å²) in [7, 11) is 0. The van der Waals surface area contributed by atoms with E-state index in [-0.39, 0.29) is 0 Å². The minimum atomic E-state index is 0.401. The number of hydrogen-bond donors (Lipinski definition) is 1. The number of thioether (sulfide) groups is 1. The molecule has 0 fully saturated rings. The van der Waals surface area contributed by atoms with Crippen LogP contribution < -0.4 is 5.73 Å². The van der Waals surface area contributed by atoms with Crippen molar-refractivity contribution in [2.45, 2.75) is 24.5 Å². The number of benzene rings is 2. The normalized spacial score (nSPS) is 9.95. The van der Waals surface area contributed by atoms with Gasteiger partial charge >= 0.3 is 0 Å². The summed E-state index contributed by atoms with van der Waals surface area (Å²) in [5.74, 6) is 7.00. The van der Waals surface area contributed by atoms with E-state index in [0.717, 1.165) is 11.3 Å². The van der Waals surface area contributed by atoms with E-state index >= 15 is 0 Å². The van der Waals surface area contributed by atoms with E-state index in [4.69, 9.17) is 5.73 Å². The summed E-state index contributed by atoms with van der Waals surface area (Å²) in [5.41, 5.74) is 10.4. The lowest BCUT2D eigenvalue weighted by Gasteiger charge is -2.08. The molecule has 2 heteroatoms. The monoisotopic (exact) mass is 281 g/mol. The zero-order valence-electron chi connectivity index (χ0n) is 11.9. The van der Waals surface area contributed by atoms with Crippen LogP contribution >= 0.6 is 11.8 Å². The molecule has 0 heterocycles. The summed E-state index contributed by atoms with van der Waals surface area (Å²) in [6.45, 7) is 4.69. The zero-order valence-corrected chi connectivity index (χ0v) is 12.8. The Hall–Kier alpha value is -1.69. The third-order valence-corrected chi connectivity index (χ3v) is 4.28. The summed E-state index contributed by atoms with van der Waals surface area (Å²) in [4.78, 5) is 1.33. The fraction of sp³-hybridized carbons (Fsp3) is 0.222. The predicted octanol–water partition coefficient (Wildman–Crippen LogP) is 3.91. The van der Waals surface area contributed by atoms with Gasteiger partial charge in [0.2, 0.25) is 0 Å². The van der Waals surface area contributed by atoms with Gasteiger partial charge in [-0.3, -0.25) is 0 Å². The molecule has 2 N–H and O–H groups in total. The molecule has 2 aromatic carbocycles. The van der Waals surface area contributed by atoms with Gasteiger partial charge in [-0.25, -0.2) is 0 Å². The molecule has 0 aromatic heterocycles. The van der Waals surface area contributed by atoms with Crippen LogP contribution in [-0.4, -0.2) is 6.54 Å². The third kappa shape index (κ3) is 3.90. The molecule has 2 rings (SSSR count). The lowest BCUT2D eigenvalue weighted by atomic mass is 10.1. The standard InChI is InChI=1S/C18H19NS/c1-14-9-10-18(15(2)12-14)20-13-17-7-4-3-6-16(17)8-5-11-19/h3-4,6-7,9-10,12H,11,13,19H2,1-2H3. The van der Waals surface area contributed by atoms with Crippen LogP contribution in [0.25, 0.3) is 0 Å². The number of aryl methyl sites for hydroxylation is 2. The Morgan fingerprint density at radius 1 is 1.10 bits per heavy atom. The molecule has 0 atom stereocenters. The average molecular weight is 281 g/mol. The molecule has 0 spiro atoms. The molecular weight excluding hydrogens is 262 g/mol. The Morgan fingerprint density at radius 2 is 1.90 bits per heavy atom. The fourth-order valence-electron chi connectivity index (χ4n) is 2.03. The van der Waals surface area contributed by atoms with Crippen molar-refractivity contribution in [1.29, 1.82) is 0 Å². The lowest BCUT2D eigenvalue weighted by Crippen LogP contribution is -1.94. The van der Waals surface area contributed by atoms with Crippen molar-refractivity contribution >= 4 is 11.8 Å². The first-order chi connectivity index (χ1) is 9.70. The van der Waals surface area contributed by atoms with Crippen LogP contribution in [0.5, 0.6) is 0 Å². The largest absolute Gasteiger partial charge is 0.320 e. The molecule has 0 bridgehead atoms. The van der Waals surface area contributed by atoms with Crippen LogP contribution in [0.15, 0.2) is 47.4 Å². The van der Waals surface area contributed by atoms with E-state index in [1.165, 1.54) is 21.6 Å². The van der Waals surface area contributed by atoms with Gasteiger partial charge in [-0.2, -0.15) is 0 Å². The molecule has 2 aromatic rings. The number of hydrogen-bond acceptors (Lipinski definition) is 2. The van der Waals surface area contributed by atoms with E-state index in [1.807, 2.05) is 17.8 Å². The Morgan fingerprint density at radius 3 is 2.65 bits per heavy atom. The van der Waals surface area contributed by atoms with Gasteiger partial charge in [-0.05, 0) is 37.1 Å². The summed E-state index contributed by atoms with van der Waals surface area (Å²) in [5, 5.41) is 0. The van der Waals surface area contributed by atoms with Gasteiger partial charge in [0.05, 0.1) is 6.54 Å². The highest BCUT2D eigenvalue weighted by molar-refractivity contribution is 7.98. The van der Waals surface area contributed by atoms with Crippen LogP contribution in [0.3, 0.4) is 0 Å². The van der Waals surface area contributed by atoms with Gasteiger partial charge in [0.1, 0.15) is 0 Å². The molecule has 1 nitrogen and oxygen atoms in total. The van der Waals surface area contributed by atoms with Gasteiger partial charge in [-0.1, -0.05) is 47.7 Å². The molecule has 0 radical (unpaired) electrons. The first kappa shape index (κ1) is 14.7. The van der Waals surface area contributed by atoms with Crippen molar-refractivity contribution in [3.05, 3.63) is 64.7 Å². The van der Waals surface area contributed by atoms with Gasteiger partial charge in [0.15, 0.2) is 0 Å². The second kappa shape index (κ2) is 7.19. The molecule has 0 saturated heterocycles. The molecule has 0 aliphatic carbocycles. The van der Waals surface area contributed by atoms with Crippen LogP contribution in [0, 0.1) is 25.7 Å². The smallest absolute Gasteiger partial charge is 0.0555 e. The molecule has 0 saturated carbocycles. The lowest BCUT2D eigenvalue weighted by molar-refractivity contribution is 1.25. The second-order valence-corrected chi connectivity index (χ2v) is 5.74. The van der Waals surface area contributed by atoms with E-state index in [2.05, 4.69) is 62.1 Å². The number of rotatable bonds is 3. The number of nitrogens with two attached hydrogens (primary N) is 1. The molecule has 0 aliphatic heterocycles. The Labute approximate surface area is 125 Å². The van der Waals surface area contributed by atoms with Gasteiger partial charge in [0.25, 0.3) is 0 Å². The van der Waals surface area contributed by atoms with Crippen LogP contribution in [0.1, 0.15) is 22.3 Å². The second-order valence-electron chi connectivity index (χ2n) is 4.72. The van der Waals surface area contributed by atoms with E-state index in [9.17, 15) is 0 Å². The van der Waals surface area contributed by atoms with E-state index < -0.39 is 0 Å². The average Bonchev–Trinajstić information content (AvgIpc) is 2.45. The molecule has 0 unspecified atom stereocenters. The molecule has 0 amide bonds. The molecule has 20 heavy (non-hydrogen) atoms. The van der Waals surface area contributed by atoms with Crippen LogP contribution in [-0.2, 0) is 5.75 Å². The maximum Gasteiger partial charge on any atom is 0.0555 e. The molecular formula is C18H19NS. The third-order valence-electron chi connectivity index (χ3n) is 3.06. The van der Waals surface area contributed by atoms with Gasteiger partial charge in [0, 0.05) is 16.2 Å². The maximum absolute atomic E-state index is 5.45. The van der Waals surface area contributed by atoms with E-state index in [1.54, 1.807) is 0 Å². The fourth-order valence-corrected chi connectivity index (χ4v) is 3.04. The van der Waals surface area contributed by atoms with E-state index in [0.29, 0.717) is 6.54 Å². The van der Waals surface area contributed by atoms with Crippen molar-refractivity contribution in [3.8, 4) is 11.8 Å². The first-order valence-corrected chi connectivity index (χ1v) is 7.66. The zero-order chi connectivity index (χ0) is 14.4. The Bertz CT molecular complexity index is 650. The summed E-state index contributed by atoms with van der Waals surface area (Å²) in [6.07, 6.45) is 0. The van der Waals surface area contributed by atoms with Crippen molar-refractivity contribution in [1.82, 2.24) is 0 Å². The highest BCUT2D eigenvalue weighted by atomic mass is 32.2. The SMILES string of the molecule is Cc1ccc(SCc2ccccc2C#CCN)c(C)c1. The van der Waals surface area contributed by atoms with Crippen molar-refractivity contribution < 1.29 is 0 Å². The van der Waals surface area contributed by atoms with Crippen molar-refractivity contribution in [2.75, 3.05) is 6.54 Å². The maximum atomic E-state index is 5.45. The van der Waals surface area contributed by atoms with Gasteiger partial charge in [-0.15, -0.1) is 11.8 Å².